The van der Waals surface area contributed by atoms with Crippen LogP contribution in [0.1, 0.15) is 32.4 Å². The van der Waals surface area contributed by atoms with E-state index in [9.17, 15) is 19.2 Å². The molecule has 0 bridgehead atoms. The second-order valence-electron chi connectivity index (χ2n) is 9.95. The molecule has 40 heavy (non-hydrogen) atoms. The molecule has 1 aliphatic carbocycles. The van der Waals surface area contributed by atoms with Gasteiger partial charge in [-0.15, -0.1) is 0 Å². The van der Waals surface area contributed by atoms with E-state index in [0.717, 1.165) is 9.37 Å². The van der Waals surface area contributed by atoms with Gasteiger partial charge in [0, 0.05) is 15.6 Å². The number of anilines is 1. The van der Waals surface area contributed by atoms with Crippen molar-refractivity contribution >= 4 is 45.0 Å². The number of rotatable bonds is 4. The molecule has 0 saturated carbocycles. The molecule has 2 saturated heterocycles. The summed E-state index contributed by atoms with van der Waals surface area (Å²) < 4.78 is 13.1. The van der Waals surface area contributed by atoms with Gasteiger partial charge in [0.2, 0.25) is 29.0 Å². The van der Waals surface area contributed by atoms with E-state index < -0.39 is 46.9 Å². The number of ether oxygens (including phenoxy) is 2. The molecule has 4 aromatic rings. The lowest BCUT2D eigenvalue weighted by Gasteiger charge is -2.27. The van der Waals surface area contributed by atoms with Crippen LogP contribution in [0.5, 0.6) is 11.5 Å². The quantitative estimate of drug-likeness (QED) is 0.215. The number of halogens is 1. The zero-order chi connectivity index (χ0) is 27.6. The maximum absolute atomic E-state index is 14.1. The molecule has 0 unspecified atom stereocenters. The molecule has 3 atom stereocenters. The summed E-state index contributed by atoms with van der Waals surface area (Å²) in [5, 5.41) is 0. The maximum Gasteiger partial charge on any atom is 0.241 e. The van der Waals surface area contributed by atoms with Crippen LogP contribution in [0.15, 0.2) is 108 Å². The highest BCUT2D eigenvalue weighted by atomic mass is 79.9. The highest BCUT2D eigenvalue weighted by molar-refractivity contribution is 9.10. The van der Waals surface area contributed by atoms with Gasteiger partial charge >= 0.3 is 0 Å². The van der Waals surface area contributed by atoms with E-state index in [1.807, 2.05) is 30.3 Å². The molecule has 3 aliphatic rings. The molecule has 4 aromatic carbocycles. The smallest absolute Gasteiger partial charge is 0.241 e. The summed E-state index contributed by atoms with van der Waals surface area (Å²) in [6.45, 7) is 0. The van der Waals surface area contributed by atoms with Gasteiger partial charge in [-0.2, -0.15) is 0 Å². The predicted octanol–water partition coefficient (Wildman–Crippen LogP) is 5.94. The Morgan fingerprint density at radius 3 is 1.82 bits per heavy atom. The van der Waals surface area contributed by atoms with Crippen molar-refractivity contribution in [2.24, 2.45) is 11.8 Å². The van der Waals surface area contributed by atoms with Crippen LogP contribution in [0.2, 0.25) is 0 Å². The van der Waals surface area contributed by atoms with Crippen LogP contribution in [0, 0.1) is 11.8 Å². The SMILES string of the molecule is O=C1[C@@H]2[C@@H](c3ccccc3)OC3(C(=O)c4ccccc4C3=O)[C@@H]2C(=O)N1c1ccc(Oc2ccc(Br)cc2)cc1. The van der Waals surface area contributed by atoms with Crippen molar-refractivity contribution in [1.29, 1.82) is 0 Å². The van der Waals surface area contributed by atoms with Gasteiger partial charge in [-0.25, -0.2) is 4.90 Å². The Balaban J connectivity index is 1.28. The van der Waals surface area contributed by atoms with Crippen LogP contribution in [-0.4, -0.2) is 29.0 Å². The number of hydrogen-bond donors (Lipinski definition) is 0. The Hall–Kier alpha value is -4.40. The van der Waals surface area contributed by atoms with E-state index in [2.05, 4.69) is 15.9 Å². The molecule has 196 valence electrons. The molecule has 0 aromatic heterocycles. The van der Waals surface area contributed by atoms with Gasteiger partial charge in [0.1, 0.15) is 11.5 Å². The summed E-state index contributed by atoms with van der Waals surface area (Å²) in [6.07, 6.45) is -0.949. The molecule has 2 amide bonds. The van der Waals surface area contributed by atoms with E-state index in [1.165, 1.54) is 0 Å². The van der Waals surface area contributed by atoms with Gasteiger partial charge in [0.15, 0.2) is 0 Å². The minimum Gasteiger partial charge on any atom is -0.457 e. The average molecular weight is 594 g/mol. The Morgan fingerprint density at radius 1 is 0.675 bits per heavy atom. The number of hydrogen-bond acceptors (Lipinski definition) is 6. The molecule has 2 aliphatic heterocycles. The third-order valence-electron chi connectivity index (χ3n) is 7.79. The Morgan fingerprint density at radius 2 is 1.23 bits per heavy atom. The minimum absolute atomic E-state index is 0.202. The molecular formula is C32H20BrNO6. The molecule has 1 spiro atoms. The van der Waals surface area contributed by atoms with Gasteiger partial charge < -0.3 is 9.47 Å². The van der Waals surface area contributed by atoms with Crippen LogP contribution >= 0.6 is 15.9 Å². The molecule has 7 nitrogen and oxygen atoms in total. The summed E-state index contributed by atoms with van der Waals surface area (Å²) in [5.41, 5.74) is -0.751. The zero-order valence-electron chi connectivity index (χ0n) is 20.8. The number of carbonyl (C=O) groups excluding carboxylic acids is 4. The maximum atomic E-state index is 14.1. The summed E-state index contributed by atoms with van der Waals surface area (Å²) in [4.78, 5) is 56.8. The lowest BCUT2D eigenvalue weighted by molar-refractivity contribution is -0.127. The number of carbonyl (C=O) groups is 4. The molecule has 2 heterocycles. The van der Waals surface area contributed by atoms with Gasteiger partial charge in [0.05, 0.1) is 23.6 Å². The number of imide groups is 1. The summed E-state index contributed by atoms with van der Waals surface area (Å²) >= 11 is 3.39. The molecule has 0 N–H and O–H groups in total. The first kappa shape index (κ1) is 24.6. The lowest BCUT2D eigenvalue weighted by atomic mass is 9.77. The van der Waals surface area contributed by atoms with Crippen molar-refractivity contribution < 1.29 is 28.7 Å². The number of benzene rings is 4. The van der Waals surface area contributed by atoms with Crippen LogP contribution < -0.4 is 9.64 Å². The van der Waals surface area contributed by atoms with Gasteiger partial charge in [-0.1, -0.05) is 70.5 Å². The first-order chi connectivity index (χ1) is 19.4. The number of Topliss-reactive ketones (excluding diaryl/α,β-unsaturated/α-hetero) is 2. The lowest BCUT2D eigenvalue weighted by Crippen LogP contribution is -2.51. The van der Waals surface area contributed by atoms with Crippen molar-refractivity contribution in [3.05, 3.63) is 124 Å². The van der Waals surface area contributed by atoms with E-state index in [-0.39, 0.29) is 11.1 Å². The minimum atomic E-state index is -2.10. The molecule has 0 radical (unpaired) electrons. The third-order valence-corrected chi connectivity index (χ3v) is 8.32. The number of amides is 2. The van der Waals surface area contributed by atoms with Crippen molar-refractivity contribution in [3.8, 4) is 11.5 Å². The third kappa shape index (κ3) is 3.46. The van der Waals surface area contributed by atoms with Gasteiger partial charge in [-0.3, -0.25) is 19.2 Å². The number of ketones is 2. The predicted molar refractivity (Wildman–Crippen MR) is 148 cm³/mol. The zero-order valence-corrected chi connectivity index (χ0v) is 22.4. The molecule has 8 heteroatoms. The molecule has 7 rings (SSSR count). The van der Waals surface area contributed by atoms with Crippen molar-refractivity contribution in [1.82, 2.24) is 0 Å². The topological polar surface area (TPSA) is 90.0 Å². The van der Waals surface area contributed by atoms with Crippen molar-refractivity contribution in [2.45, 2.75) is 11.7 Å². The first-order valence-electron chi connectivity index (χ1n) is 12.7. The van der Waals surface area contributed by atoms with E-state index in [1.54, 1.807) is 72.8 Å². The fraction of sp³-hybridized carbons (Fsp3) is 0.125. The largest absolute Gasteiger partial charge is 0.457 e. The summed E-state index contributed by atoms with van der Waals surface area (Å²) in [7, 11) is 0. The highest BCUT2D eigenvalue weighted by Gasteiger charge is 2.74. The second kappa shape index (κ2) is 9.08. The van der Waals surface area contributed by atoms with Gasteiger partial charge in [0.25, 0.3) is 0 Å². The summed E-state index contributed by atoms with van der Waals surface area (Å²) in [6, 6.07) is 29.3. The van der Waals surface area contributed by atoms with Crippen molar-refractivity contribution in [2.75, 3.05) is 4.90 Å². The van der Waals surface area contributed by atoms with E-state index in [0.29, 0.717) is 22.7 Å². The average Bonchev–Trinajstić information content (AvgIpc) is 3.55. The van der Waals surface area contributed by atoms with Crippen LogP contribution in [-0.2, 0) is 14.3 Å². The van der Waals surface area contributed by atoms with Crippen LogP contribution in [0.4, 0.5) is 5.69 Å². The molecule has 2 fully saturated rings. The number of nitrogens with zero attached hydrogens (tertiary/aromatic N) is 1. The summed E-state index contributed by atoms with van der Waals surface area (Å²) in [5.74, 6) is -3.51. The van der Waals surface area contributed by atoms with Crippen molar-refractivity contribution in [3.63, 3.8) is 0 Å². The Labute approximate surface area is 237 Å². The monoisotopic (exact) mass is 593 g/mol. The van der Waals surface area contributed by atoms with Crippen LogP contribution in [0.3, 0.4) is 0 Å². The highest BCUT2D eigenvalue weighted by Crippen LogP contribution is 2.57. The van der Waals surface area contributed by atoms with E-state index in [4.69, 9.17) is 9.47 Å². The Kier molecular flexibility index (Phi) is 5.59. The van der Waals surface area contributed by atoms with Crippen LogP contribution in [0.25, 0.3) is 0 Å². The Bertz CT molecular complexity index is 1660. The molecular weight excluding hydrogens is 574 g/mol. The van der Waals surface area contributed by atoms with Gasteiger partial charge in [-0.05, 0) is 54.1 Å². The normalized spacial score (nSPS) is 22.6. The number of fused-ring (bicyclic) bond motifs is 3. The first-order valence-corrected chi connectivity index (χ1v) is 13.5. The fourth-order valence-corrected chi connectivity index (χ4v) is 6.28. The second-order valence-corrected chi connectivity index (χ2v) is 10.9. The standard InChI is InChI=1S/C32H20BrNO6/c33-19-10-14-21(15-11-19)39-22-16-12-20(13-17-22)34-30(37)25-26(31(34)38)32(40-27(25)18-6-2-1-3-7-18)28(35)23-8-4-5-9-24(23)29(32)36/h1-17,25-27H/t25-,26-,27+/m0/s1. The fourth-order valence-electron chi connectivity index (χ4n) is 6.02. The van der Waals surface area contributed by atoms with E-state index >= 15 is 0 Å².